The smallest absolute Gasteiger partial charge is 0 e. The number of benzene rings is 6. The molecule has 0 aliphatic heterocycles. The van der Waals surface area contributed by atoms with Crippen LogP contribution in [0.5, 0.6) is 0 Å². The Balaban J connectivity index is -0.00000120. The maximum absolute atomic E-state index is 2.29. The molecule has 0 saturated carbocycles. The Morgan fingerprint density at radius 1 is 0.283 bits per heavy atom. The van der Waals surface area contributed by atoms with Crippen molar-refractivity contribution in [3.8, 4) is 22.3 Å². The fourth-order valence-corrected chi connectivity index (χ4v) is 5.40. The van der Waals surface area contributed by atoms with Crippen LogP contribution in [0.1, 0.15) is 94.2 Å². The largest absolute Gasteiger partial charge is 0.0683 e. The molecule has 0 nitrogen and oxygen atoms in total. The fourth-order valence-electron chi connectivity index (χ4n) is 5.40. The van der Waals surface area contributed by atoms with E-state index in [1.807, 2.05) is 83.1 Å². The van der Waals surface area contributed by atoms with E-state index in [-0.39, 0.29) is 42.1 Å². The molecule has 0 aliphatic carbocycles. The Bertz CT molecular complexity index is 1490. The summed E-state index contributed by atoms with van der Waals surface area (Å²) in [4.78, 5) is 0. The third kappa shape index (κ3) is 10.8. The molecule has 0 fully saturated rings. The molecule has 0 aromatic heterocycles. The maximum atomic E-state index is 2.29. The van der Waals surface area contributed by atoms with Crippen molar-refractivity contribution in [2.24, 2.45) is 0 Å². The summed E-state index contributed by atoms with van der Waals surface area (Å²) < 4.78 is 0. The predicted octanol–water partition coefficient (Wildman–Crippen LogP) is 15.2. The molecule has 2 heteroatoms. The van der Waals surface area contributed by atoms with Crippen LogP contribution in [0.25, 0.3) is 54.6 Å². The summed E-state index contributed by atoms with van der Waals surface area (Å²) in [5.74, 6) is 0. The van der Waals surface area contributed by atoms with Gasteiger partial charge in [-0.2, -0.15) is 0 Å². The van der Waals surface area contributed by atoms with Gasteiger partial charge in [-0.15, -0.1) is 0 Å². The van der Waals surface area contributed by atoms with Gasteiger partial charge in [0.1, 0.15) is 0 Å². The van der Waals surface area contributed by atoms with Crippen molar-refractivity contribution in [3.05, 3.63) is 120 Å². The molecule has 0 atom stereocenters. The average molecular weight is 957 g/mol. The molecular weight excluding hydrogens is 896 g/mol. The Morgan fingerprint density at radius 3 is 0.761 bits per heavy atom. The molecule has 0 spiro atoms. The summed E-state index contributed by atoms with van der Waals surface area (Å²) in [5, 5.41) is 8.02. The molecule has 248 valence electrons. The SMILES string of the molecule is CC.CC.CC.CC.CC.CC.Cc1c2ccccc2c(-c2ccccc2)c2c(C)c3ccccc3c(-c3ccccc3)c12.[W].[W]. The van der Waals surface area contributed by atoms with Crippen LogP contribution < -0.4 is 0 Å². The summed E-state index contributed by atoms with van der Waals surface area (Å²) in [6.45, 7) is 28.6. The van der Waals surface area contributed by atoms with E-state index in [4.69, 9.17) is 0 Å². The van der Waals surface area contributed by atoms with Crippen LogP contribution in [0.2, 0.25) is 0 Å². The van der Waals surface area contributed by atoms with Crippen LogP contribution in [0.3, 0.4) is 0 Å². The van der Waals surface area contributed by atoms with Gasteiger partial charge in [-0.3, -0.25) is 0 Å². The van der Waals surface area contributed by atoms with Crippen molar-refractivity contribution in [2.75, 3.05) is 0 Å². The molecule has 0 heterocycles. The number of hydrogen-bond acceptors (Lipinski definition) is 0. The molecule has 0 unspecified atom stereocenters. The molecule has 0 amide bonds. The molecule has 0 bridgehead atoms. The van der Waals surface area contributed by atoms with Crippen LogP contribution in [0.4, 0.5) is 0 Å². The molecular formula is C44H60W2. The third-order valence-electron chi connectivity index (χ3n) is 6.83. The van der Waals surface area contributed by atoms with Gasteiger partial charge in [0.25, 0.3) is 0 Å². The zero-order valence-corrected chi connectivity index (χ0v) is 37.1. The average Bonchev–Trinajstić information content (AvgIpc) is 3.15. The van der Waals surface area contributed by atoms with E-state index in [0.717, 1.165) is 0 Å². The minimum Gasteiger partial charge on any atom is -0.0683 e. The number of rotatable bonds is 2. The van der Waals surface area contributed by atoms with E-state index in [0.29, 0.717) is 0 Å². The van der Waals surface area contributed by atoms with Gasteiger partial charge < -0.3 is 0 Å². The monoisotopic (exact) mass is 956 g/mol. The van der Waals surface area contributed by atoms with Crippen molar-refractivity contribution in [2.45, 2.75) is 96.9 Å². The summed E-state index contributed by atoms with van der Waals surface area (Å²) in [5.41, 5.74) is 7.91. The number of fused-ring (bicyclic) bond motifs is 3. The van der Waals surface area contributed by atoms with Crippen LogP contribution in [-0.4, -0.2) is 0 Å². The predicted molar refractivity (Wildman–Crippen MR) is 207 cm³/mol. The van der Waals surface area contributed by atoms with Gasteiger partial charge >= 0.3 is 0 Å². The Kier molecular flexibility index (Phi) is 28.7. The van der Waals surface area contributed by atoms with E-state index in [1.54, 1.807) is 0 Å². The van der Waals surface area contributed by atoms with Gasteiger partial charge in [-0.1, -0.05) is 192 Å². The molecule has 0 N–H and O–H groups in total. The Morgan fingerprint density at radius 2 is 0.500 bits per heavy atom. The Hall–Kier alpha value is -2.52. The van der Waals surface area contributed by atoms with Gasteiger partial charge in [0.15, 0.2) is 0 Å². The van der Waals surface area contributed by atoms with Gasteiger partial charge in [0.2, 0.25) is 0 Å². The zero-order valence-electron chi connectivity index (χ0n) is 31.2. The normalized spacial score (nSPS) is 8.74. The maximum Gasteiger partial charge on any atom is 0 e. The standard InChI is InChI=1S/C32H24.6C2H6.2W/c1-21-25-17-9-11-19-27(25)32(24-15-7-4-8-16-24)30-22(2)26-18-10-12-20-28(26)31(29(21)30)23-13-5-3-6-14-23;6*1-2;;/h3-20H,1-2H3;6*1-2H3;;. The first-order valence-corrected chi connectivity index (χ1v) is 17.2. The first-order chi connectivity index (χ1) is 21.8. The minimum absolute atomic E-state index is 0. The number of hydrogen-bond donors (Lipinski definition) is 0. The van der Waals surface area contributed by atoms with E-state index in [2.05, 4.69) is 123 Å². The first kappa shape index (κ1) is 47.9. The van der Waals surface area contributed by atoms with Crippen molar-refractivity contribution in [1.82, 2.24) is 0 Å². The molecule has 0 saturated heterocycles. The fraction of sp³-hybridized carbons (Fsp3) is 0.318. The Labute approximate surface area is 312 Å². The molecule has 0 aliphatic rings. The zero-order chi connectivity index (χ0) is 33.7. The van der Waals surface area contributed by atoms with Gasteiger partial charge in [-0.05, 0) is 79.5 Å². The van der Waals surface area contributed by atoms with Crippen LogP contribution in [0.15, 0.2) is 109 Å². The third-order valence-corrected chi connectivity index (χ3v) is 6.83. The second-order valence-corrected chi connectivity index (χ2v) is 8.57. The second-order valence-electron chi connectivity index (χ2n) is 8.57. The molecule has 46 heavy (non-hydrogen) atoms. The van der Waals surface area contributed by atoms with Crippen molar-refractivity contribution < 1.29 is 42.1 Å². The van der Waals surface area contributed by atoms with E-state index >= 15 is 0 Å². The molecule has 6 rings (SSSR count). The van der Waals surface area contributed by atoms with Crippen molar-refractivity contribution in [3.63, 3.8) is 0 Å². The van der Waals surface area contributed by atoms with Crippen molar-refractivity contribution in [1.29, 1.82) is 0 Å². The summed E-state index contributed by atoms with van der Waals surface area (Å²) in [7, 11) is 0. The molecule has 0 radical (unpaired) electrons. The van der Waals surface area contributed by atoms with E-state index < -0.39 is 0 Å². The molecule has 6 aromatic carbocycles. The van der Waals surface area contributed by atoms with Crippen molar-refractivity contribution >= 4 is 32.3 Å². The van der Waals surface area contributed by atoms with Crippen LogP contribution >= 0.6 is 0 Å². The second kappa shape index (κ2) is 27.6. The molecule has 6 aromatic rings. The van der Waals surface area contributed by atoms with E-state index in [9.17, 15) is 0 Å². The summed E-state index contributed by atoms with van der Waals surface area (Å²) >= 11 is 0. The quantitative estimate of drug-likeness (QED) is 0.152. The summed E-state index contributed by atoms with van der Waals surface area (Å²) in [6, 6.07) is 39.5. The first-order valence-electron chi connectivity index (χ1n) is 17.2. The van der Waals surface area contributed by atoms with Crippen LogP contribution in [0, 0.1) is 13.8 Å². The van der Waals surface area contributed by atoms with Gasteiger partial charge in [0.05, 0.1) is 0 Å². The minimum atomic E-state index is 0. The van der Waals surface area contributed by atoms with Gasteiger partial charge in [0, 0.05) is 42.1 Å². The van der Waals surface area contributed by atoms with Crippen LogP contribution in [-0.2, 0) is 42.1 Å². The van der Waals surface area contributed by atoms with Gasteiger partial charge in [-0.25, -0.2) is 0 Å². The van der Waals surface area contributed by atoms with E-state index in [1.165, 1.54) is 65.7 Å². The topological polar surface area (TPSA) is 0 Å². The number of aryl methyl sites for hydroxylation is 2. The summed E-state index contributed by atoms with van der Waals surface area (Å²) in [6.07, 6.45) is 0.